The molecule has 0 aliphatic carbocycles. The maximum absolute atomic E-state index is 12.0. The summed E-state index contributed by atoms with van der Waals surface area (Å²) >= 11 is 0. The van der Waals surface area contributed by atoms with Crippen LogP contribution in [0.3, 0.4) is 0 Å². The van der Waals surface area contributed by atoms with Crippen molar-refractivity contribution in [2.75, 3.05) is 19.7 Å². The third-order valence-corrected chi connectivity index (χ3v) is 3.42. The van der Waals surface area contributed by atoms with E-state index in [9.17, 15) is 9.90 Å². The third kappa shape index (κ3) is 3.96. The van der Waals surface area contributed by atoms with Crippen LogP contribution in [-0.4, -0.2) is 41.7 Å². The molecule has 1 aromatic carbocycles. The molecule has 104 valence electrons. The van der Waals surface area contributed by atoms with E-state index in [0.29, 0.717) is 19.6 Å². The first-order valence-electron chi connectivity index (χ1n) is 6.81. The van der Waals surface area contributed by atoms with E-state index in [0.717, 1.165) is 30.7 Å². The topological polar surface area (TPSA) is 49.8 Å². The molecule has 1 fully saturated rings. The van der Waals surface area contributed by atoms with Crippen LogP contribution in [0.5, 0.6) is 5.75 Å². The Morgan fingerprint density at radius 3 is 3.00 bits per heavy atom. The van der Waals surface area contributed by atoms with Gasteiger partial charge in [-0.1, -0.05) is 18.2 Å². The monoisotopic (exact) mass is 263 g/mol. The van der Waals surface area contributed by atoms with Crippen LogP contribution in [0.2, 0.25) is 0 Å². The first-order chi connectivity index (χ1) is 9.16. The van der Waals surface area contributed by atoms with Crippen molar-refractivity contribution in [2.45, 2.75) is 32.3 Å². The number of piperidine rings is 1. The number of hydrogen-bond acceptors (Lipinski definition) is 3. The number of benzene rings is 1. The van der Waals surface area contributed by atoms with Gasteiger partial charge in [0, 0.05) is 13.1 Å². The van der Waals surface area contributed by atoms with Crippen LogP contribution in [-0.2, 0) is 4.79 Å². The lowest BCUT2D eigenvalue weighted by Gasteiger charge is -2.30. The summed E-state index contributed by atoms with van der Waals surface area (Å²) in [6.45, 7) is 3.58. The fraction of sp³-hybridized carbons (Fsp3) is 0.533. The summed E-state index contributed by atoms with van der Waals surface area (Å²) in [6.07, 6.45) is 1.67. The zero-order chi connectivity index (χ0) is 13.7. The number of ether oxygens (including phenoxy) is 1. The summed E-state index contributed by atoms with van der Waals surface area (Å²) in [6, 6.07) is 7.77. The second-order valence-corrected chi connectivity index (χ2v) is 5.00. The minimum absolute atomic E-state index is 0.0623. The van der Waals surface area contributed by atoms with Gasteiger partial charge in [0.1, 0.15) is 5.75 Å². The molecule has 1 N–H and O–H groups in total. The number of carbonyl (C=O) groups is 1. The second-order valence-electron chi connectivity index (χ2n) is 5.00. The van der Waals surface area contributed by atoms with Crippen LogP contribution >= 0.6 is 0 Å². The first kappa shape index (κ1) is 13.9. The lowest BCUT2D eigenvalue weighted by atomic mass is 10.1. The normalized spacial score (nSPS) is 19.3. The number of amides is 1. The number of β-amino-alcohol motifs (C(OH)–C–C–N with tert-alkyl or cyclic N) is 1. The Balaban J connectivity index is 1.76. The highest BCUT2D eigenvalue weighted by Crippen LogP contribution is 2.16. The number of aliphatic hydroxyl groups is 1. The molecule has 1 aliphatic rings. The number of aliphatic hydroxyl groups excluding tert-OH is 1. The molecule has 4 nitrogen and oxygen atoms in total. The number of rotatable bonds is 4. The summed E-state index contributed by atoms with van der Waals surface area (Å²) in [7, 11) is 0. The van der Waals surface area contributed by atoms with Crippen LogP contribution in [0.25, 0.3) is 0 Å². The van der Waals surface area contributed by atoms with Gasteiger partial charge in [0.15, 0.2) is 0 Å². The van der Waals surface area contributed by atoms with E-state index in [1.165, 1.54) is 0 Å². The van der Waals surface area contributed by atoms with E-state index in [2.05, 4.69) is 0 Å². The van der Waals surface area contributed by atoms with Gasteiger partial charge in [-0.3, -0.25) is 4.79 Å². The molecule has 0 unspecified atom stereocenters. The first-order valence-corrected chi connectivity index (χ1v) is 6.81. The van der Waals surface area contributed by atoms with Crippen molar-refractivity contribution in [3.05, 3.63) is 29.8 Å². The average Bonchev–Trinajstić information content (AvgIpc) is 2.41. The highest BCUT2D eigenvalue weighted by atomic mass is 16.5. The molecule has 1 aliphatic heterocycles. The zero-order valence-corrected chi connectivity index (χ0v) is 11.3. The van der Waals surface area contributed by atoms with Crippen LogP contribution in [0.4, 0.5) is 0 Å². The fourth-order valence-corrected chi connectivity index (χ4v) is 2.31. The number of nitrogens with zero attached hydrogens (tertiary/aromatic N) is 1. The predicted molar refractivity (Wildman–Crippen MR) is 73.1 cm³/mol. The molecule has 4 heteroatoms. The summed E-state index contributed by atoms with van der Waals surface area (Å²) in [5.74, 6) is 0.890. The van der Waals surface area contributed by atoms with E-state index >= 15 is 0 Å². The third-order valence-electron chi connectivity index (χ3n) is 3.42. The molecule has 0 aromatic heterocycles. The van der Waals surface area contributed by atoms with E-state index in [1.54, 1.807) is 4.90 Å². The van der Waals surface area contributed by atoms with E-state index in [-0.39, 0.29) is 12.0 Å². The maximum Gasteiger partial charge on any atom is 0.226 e. The number of carbonyl (C=O) groups excluding carboxylic acids is 1. The van der Waals surface area contributed by atoms with E-state index in [1.807, 2.05) is 31.2 Å². The lowest BCUT2D eigenvalue weighted by molar-refractivity contribution is -0.134. The molecule has 1 atom stereocenters. The van der Waals surface area contributed by atoms with Crippen molar-refractivity contribution in [1.29, 1.82) is 0 Å². The van der Waals surface area contributed by atoms with Crippen LogP contribution in [0.15, 0.2) is 24.3 Å². The number of para-hydroxylation sites is 1. The van der Waals surface area contributed by atoms with Gasteiger partial charge >= 0.3 is 0 Å². The van der Waals surface area contributed by atoms with Gasteiger partial charge in [-0.25, -0.2) is 0 Å². The van der Waals surface area contributed by atoms with Crippen molar-refractivity contribution >= 4 is 5.91 Å². The van der Waals surface area contributed by atoms with Crippen molar-refractivity contribution < 1.29 is 14.6 Å². The molecule has 0 saturated carbocycles. The van der Waals surface area contributed by atoms with Gasteiger partial charge in [-0.15, -0.1) is 0 Å². The molecule has 1 amide bonds. The van der Waals surface area contributed by atoms with Crippen LogP contribution < -0.4 is 4.74 Å². The molecule has 0 bridgehead atoms. The Kier molecular flexibility index (Phi) is 4.80. The van der Waals surface area contributed by atoms with Crippen LogP contribution in [0, 0.1) is 6.92 Å². The molecule has 0 spiro atoms. The minimum Gasteiger partial charge on any atom is -0.493 e. The van der Waals surface area contributed by atoms with E-state index in [4.69, 9.17) is 4.74 Å². The SMILES string of the molecule is Cc1ccccc1OCCC(=O)N1CCC[C@H](O)C1. The van der Waals surface area contributed by atoms with Crippen molar-refractivity contribution in [2.24, 2.45) is 0 Å². The summed E-state index contributed by atoms with van der Waals surface area (Å²) in [4.78, 5) is 13.7. The molecule has 1 aromatic rings. The molecular formula is C15H21NO3. The van der Waals surface area contributed by atoms with Crippen molar-refractivity contribution in [3.63, 3.8) is 0 Å². The Labute approximate surface area is 114 Å². The van der Waals surface area contributed by atoms with Gasteiger partial charge in [0.25, 0.3) is 0 Å². The van der Waals surface area contributed by atoms with Gasteiger partial charge in [-0.05, 0) is 31.4 Å². The van der Waals surface area contributed by atoms with Gasteiger partial charge in [0.05, 0.1) is 19.1 Å². The van der Waals surface area contributed by atoms with Gasteiger partial charge < -0.3 is 14.7 Å². The molecule has 2 rings (SSSR count). The number of likely N-dealkylation sites (tertiary alicyclic amines) is 1. The molecule has 1 saturated heterocycles. The molecular weight excluding hydrogens is 242 g/mol. The highest BCUT2D eigenvalue weighted by molar-refractivity contribution is 5.76. The fourth-order valence-electron chi connectivity index (χ4n) is 2.31. The zero-order valence-electron chi connectivity index (χ0n) is 11.3. The van der Waals surface area contributed by atoms with Crippen molar-refractivity contribution in [3.8, 4) is 5.75 Å². The average molecular weight is 263 g/mol. The maximum atomic E-state index is 12.0. The summed E-state index contributed by atoms with van der Waals surface area (Å²) < 4.78 is 5.62. The molecule has 19 heavy (non-hydrogen) atoms. The summed E-state index contributed by atoms with van der Waals surface area (Å²) in [5, 5.41) is 9.54. The Bertz CT molecular complexity index is 433. The second kappa shape index (κ2) is 6.57. The predicted octanol–water partition coefficient (Wildman–Crippen LogP) is 1.75. The lowest BCUT2D eigenvalue weighted by Crippen LogP contribution is -2.42. The summed E-state index contributed by atoms with van der Waals surface area (Å²) in [5.41, 5.74) is 1.07. The van der Waals surface area contributed by atoms with Gasteiger partial charge in [-0.2, -0.15) is 0 Å². The largest absolute Gasteiger partial charge is 0.493 e. The quantitative estimate of drug-likeness (QED) is 0.900. The smallest absolute Gasteiger partial charge is 0.226 e. The van der Waals surface area contributed by atoms with Crippen LogP contribution in [0.1, 0.15) is 24.8 Å². The van der Waals surface area contributed by atoms with Crippen molar-refractivity contribution in [1.82, 2.24) is 4.90 Å². The number of hydrogen-bond donors (Lipinski definition) is 1. The van der Waals surface area contributed by atoms with E-state index < -0.39 is 0 Å². The molecule has 0 radical (unpaired) electrons. The van der Waals surface area contributed by atoms with Gasteiger partial charge in [0.2, 0.25) is 5.91 Å². The standard InChI is InChI=1S/C15H21NO3/c1-12-5-2-3-7-14(12)19-10-8-15(18)16-9-4-6-13(17)11-16/h2-3,5,7,13,17H,4,6,8-11H2,1H3/t13-/m0/s1. The Hall–Kier alpha value is -1.55. The number of aryl methyl sites for hydroxylation is 1. The highest BCUT2D eigenvalue weighted by Gasteiger charge is 2.21. The minimum atomic E-state index is -0.366. The Morgan fingerprint density at radius 2 is 2.26 bits per heavy atom. The Morgan fingerprint density at radius 1 is 1.47 bits per heavy atom. The molecule has 1 heterocycles.